The molecule has 1 N–H and O–H groups in total. The average Bonchev–Trinajstić information content (AvgIpc) is 3.01. The van der Waals surface area contributed by atoms with Crippen LogP contribution in [0.4, 0.5) is 0 Å². The number of rotatable bonds is 5. The van der Waals surface area contributed by atoms with Crippen LogP contribution in [0.2, 0.25) is 0 Å². The molecule has 0 radical (unpaired) electrons. The zero-order valence-corrected chi connectivity index (χ0v) is 11.3. The second-order valence-electron chi connectivity index (χ2n) is 4.15. The number of ether oxygens (including phenoxy) is 1. The highest BCUT2D eigenvalue weighted by molar-refractivity contribution is 8.00. The molecule has 0 unspecified atom stereocenters. The molecule has 1 aromatic heterocycles. The molecule has 2 heterocycles. The molecule has 1 aliphatic heterocycles. The Labute approximate surface area is 110 Å². The van der Waals surface area contributed by atoms with Crippen LogP contribution in [0, 0.1) is 0 Å². The minimum atomic E-state index is -0.218. The van der Waals surface area contributed by atoms with E-state index < -0.39 is 0 Å². The number of hydrogen-bond donors (Lipinski definition) is 1. The maximum atomic E-state index is 11.5. The third-order valence-corrected chi connectivity index (χ3v) is 3.87. The van der Waals surface area contributed by atoms with Gasteiger partial charge in [0.2, 0.25) is 11.1 Å². The Balaban J connectivity index is 1.96. The molecule has 0 saturated carbocycles. The van der Waals surface area contributed by atoms with Crippen molar-refractivity contribution in [3.8, 4) is 0 Å². The summed E-state index contributed by atoms with van der Waals surface area (Å²) in [5.41, 5.74) is 0. The van der Waals surface area contributed by atoms with Gasteiger partial charge in [-0.2, -0.15) is 0 Å². The van der Waals surface area contributed by atoms with Crippen molar-refractivity contribution in [3.63, 3.8) is 0 Å². The quantitative estimate of drug-likeness (QED) is 0.764. The molecule has 2 atom stereocenters. The molecule has 0 bridgehead atoms. The van der Waals surface area contributed by atoms with Gasteiger partial charge in [-0.3, -0.25) is 4.79 Å². The molecule has 1 aliphatic rings. The van der Waals surface area contributed by atoms with E-state index in [1.807, 2.05) is 6.92 Å². The highest BCUT2D eigenvalue weighted by Gasteiger charge is 2.21. The first-order valence-electron chi connectivity index (χ1n) is 5.96. The number of tetrazole rings is 1. The van der Waals surface area contributed by atoms with E-state index in [0.717, 1.165) is 19.4 Å². The van der Waals surface area contributed by atoms with Crippen LogP contribution in [-0.4, -0.2) is 51.1 Å². The first-order valence-corrected chi connectivity index (χ1v) is 6.84. The lowest BCUT2D eigenvalue weighted by molar-refractivity contribution is -0.119. The van der Waals surface area contributed by atoms with E-state index in [1.165, 1.54) is 11.8 Å². The van der Waals surface area contributed by atoms with Gasteiger partial charge in [-0.05, 0) is 30.2 Å². The standard InChI is InChI=1S/C10H17N5O2S/c1-7(9(16)11-2)18-10-12-13-14-15(10)6-8-4-3-5-17-8/h7-8H,3-6H2,1-2H3,(H,11,16)/t7-,8+/m1/s1. The molecule has 0 aromatic carbocycles. The van der Waals surface area contributed by atoms with E-state index >= 15 is 0 Å². The average molecular weight is 271 g/mol. The Kier molecular flexibility index (Phi) is 4.54. The highest BCUT2D eigenvalue weighted by atomic mass is 32.2. The van der Waals surface area contributed by atoms with Crippen molar-refractivity contribution in [1.82, 2.24) is 25.5 Å². The number of nitrogens with zero attached hydrogens (tertiary/aromatic N) is 4. The van der Waals surface area contributed by atoms with Gasteiger partial charge in [0.25, 0.3) is 0 Å². The van der Waals surface area contributed by atoms with Crippen LogP contribution in [0.1, 0.15) is 19.8 Å². The number of nitrogens with one attached hydrogen (secondary N) is 1. The summed E-state index contributed by atoms with van der Waals surface area (Å²) in [6.07, 6.45) is 2.31. The van der Waals surface area contributed by atoms with Crippen LogP contribution in [0.15, 0.2) is 5.16 Å². The number of aromatic nitrogens is 4. The highest BCUT2D eigenvalue weighted by Crippen LogP contribution is 2.22. The largest absolute Gasteiger partial charge is 0.376 e. The van der Waals surface area contributed by atoms with Crippen molar-refractivity contribution >= 4 is 17.7 Å². The van der Waals surface area contributed by atoms with E-state index in [-0.39, 0.29) is 17.3 Å². The predicted octanol–water partition coefficient (Wildman–Crippen LogP) is 0.0787. The Morgan fingerprint density at radius 2 is 2.56 bits per heavy atom. The molecule has 0 aliphatic carbocycles. The van der Waals surface area contributed by atoms with Crippen molar-refractivity contribution < 1.29 is 9.53 Å². The van der Waals surface area contributed by atoms with Gasteiger partial charge in [-0.1, -0.05) is 11.8 Å². The molecule has 1 amide bonds. The third kappa shape index (κ3) is 3.20. The van der Waals surface area contributed by atoms with Crippen molar-refractivity contribution in [2.75, 3.05) is 13.7 Å². The molecular formula is C10H17N5O2S. The SMILES string of the molecule is CNC(=O)[C@@H](C)Sc1nnnn1C[C@@H]1CCCO1. The fourth-order valence-corrected chi connectivity index (χ4v) is 2.65. The molecular weight excluding hydrogens is 254 g/mol. The molecule has 1 fully saturated rings. The molecule has 18 heavy (non-hydrogen) atoms. The third-order valence-electron chi connectivity index (χ3n) is 2.80. The summed E-state index contributed by atoms with van der Waals surface area (Å²) in [4.78, 5) is 11.5. The van der Waals surface area contributed by atoms with Crippen LogP contribution in [-0.2, 0) is 16.1 Å². The number of thioether (sulfide) groups is 1. The summed E-state index contributed by atoms with van der Waals surface area (Å²) < 4.78 is 7.26. The monoisotopic (exact) mass is 271 g/mol. The van der Waals surface area contributed by atoms with Gasteiger partial charge >= 0.3 is 0 Å². The number of carbonyl (C=O) groups excluding carboxylic acids is 1. The second-order valence-corrected chi connectivity index (χ2v) is 5.46. The molecule has 2 rings (SSSR count). The zero-order valence-electron chi connectivity index (χ0n) is 10.5. The molecule has 100 valence electrons. The fourth-order valence-electron chi connectivity index (χ4n) is 1.79. The van der Waals surface area contributed by atoms with E-state index in [9.17, 15) is 4.79 Å². The minimum absolute atomic E-state index is 0.0355. The van der Waals surface area contributed by atoms with Crippen LogP contribution in [0.5, 0.6) is 0 Å². The van der Waals surface area contributed by atoms with E-state index in [2.05, 4.69) is 20.8 Å². The normalized spacial score (nSPS) is 20.9. The van der Waals surface area contributed by atoms with E-state index in [4.69, 9.17) is 4.74 Å². The van der Waals surface area contributed by atoms with Gasteiger partial charge in [0.1, 0.15) is 0 Å². The lowest BCUT2D eigenvalue weighted by atomic mass is 10.2. The second kappa shape index (κ2) is 6.14. The Morgan fingerprint density at radius 1 is 1.72 bits per heavy atom. The Hall–Kier alpha value is -1.15. The van der Waals surface area contributed by atoms with Crippen molar-refractivity contribution in [2.45, 2.75) is 42.8 Å². The molecule has 0 spiro atoms. The summed E-state index contributed by atoms with van der Waals surface area (Å²) in [5, 5.41) is 14.6. The van der Waals surface area contributed by atoms with Gasteiger partial charge in [-0.25, -0.2) is 4.68 Å². The number of carbonyl (C=O) groups is 1. The number of hydrogen-bond acceptors (Lipinski definition) is 6. The van der Waals surface area contributed by atoms with Crippen LogP contribution in [0.25, 0.3) is 0 Å². The van der Waals surface area contributed by atoms with Crippen molar-refractivity contribution in [1.29, 1.82) is 0 Å². The molecule has 1 aromatic rings. The predicted molar refractivity (Wildman–Crippen MR) is 66.2 cm³/mol. The maximum absolute atomic E-state index is 11.5. The summed E-state index contributed by atoms with van der Waals surface area (Å²) in [6.45, 7) is 3.29. The van der Waals surface area contributed by atoms with E-state index in [1.54, 1.807) is 11.7 Å². The molecule has 7 nitrogen and oxygen atoms in total. The Morgan fingerprint density at radius 3 is 3.22 bits per heavy atom. The fraction of sp³-hybridized carbons (Fsp3) is 0.800. The first kappa shape index (κ1) is 13.3. The van der Waals surface area contributed by atoms with Gasteiger partial charge in [0.05, 0.1) is 17.9 Å². The smallest absolute Gasteiger partial charge is 0.233 e. The summed E-state index contributed by atoms with van der Waals surface area (Å²) in [7, 11) is 1.62. The summed E-state index contributed by atoms with van der Waals surface area (Å²) in [6, 6.07) is 0. The minimum Gasteiger partial charge on any atom is -0.376 e. The lowest BCUT2D eigenvalue weighted by Gasteiger charge is -2.12. The first-order chi connectivity index (χ1) is 8.70. The van der Waals surface area contributed by atoms with Gasteiger partial charge in [0.15, 0.2) is 0 Å². The molecule has 8 heteroatoms. The summed E-state index contributed by atoms with van der Waals surface area (Å²) in [5.74, 6) is -0.0355. The topological polar surface area (TPSA) is 81.9 Å². The maximum Gasteiger partial charge on any atom is 0.233 e. The van der Waals surface area contributed by atoms with Gasteiger partial charge in [-0.15, -0.1) is 5.10 Å². The van der Waals surface area contributed by atoms with E-state index in [0.29, 0.717) is 11.7 Å². The summed E-state index contributed by atoms with van der Waals surface area (Å²) >= 11 is 1.35. The Bertz CT molecular complexity index is 405. The van der Waals surface area contributed by atoms with Crippen molar-refractivity contribution in [3.05, 3.63) is 0 Å². The van der Waals surface area contributed by atoms with Crippen molar-refractivity contribution in [2.24, 2.45) is 0 Å². The van der Waals surface area contributed by atoms with Gasteiger partial charge in [0, 0.05) is 13.7 Å². The molecule has 1 saturated heterocycles. The van der Waals surface area contributed by atoms with Gasteiger partial charge < -0.3 is 10.1 Å². The zero-order chi connectivity index (χ0) is 13.0. The van der Waals surface area contributed by atoms with Crippen LogP contribution < -0.4 is 5.32 Å². The van der Waals surface area contributed by atoms with Crippen LogP contribution >= 0.6 is 11.8 Å². The number of amides is 1. The lowest BCUT2D eigenvalue weighted by Crippen LogP contribution is -2.27. The van der Waals surface area contributed by atoms with Crippen LogP contribution in [0.3, 0.4) is 0 Å².